The second-order valence-electron chi connectivity index (χ2n) is 8.58. The third-order valence-corrected chi connectivity index (χ3v) is 6.79. The van der Waals surface area contributed by atoms with Crippen molar-refractivity contribution in [3.05, 3.63) is 23.9 Å². The Bertz CT molecular complexity index is 1000. The molecule has 2 aliphatic heterocycles. The molecule has 1 saturated carbocycles. The maximum Gasteiger partial charge on any atom is 0.249 e. The molecule has 1 amide bonds. The quantitative estimate of drug-likeness (QED) is 0.760. The monoisotopic (exact) mass is 422 g/mol. The van der Waals surface area contributed by atoms with Gasteiger partial charge in [-0.3, -0.25) is 4.79 Å². The van der Waals surface area contributed by atoms with Crippen LogP contribution in [-0.4, -0.2) is 48.7 Å². The van der Waals surface area contributed by atoms with Crippen molar-refractivity contribution in [1.82, 2.24) is 9.97 Å². The zero-order chi connectivity index (χ0) is 21.5. The third kappa shape index (κ3) is 3.34. The Morgan fingerprint density at radius 3 is 2.84 bits per heavy atom. The summed E-state index contributed by atoms with van der Waals surface area (Å²) in [5.41, 5.74) is 4.00. The van der Waals surface area contributed by atoms with E-state index in [0.29, 0.717) is 12.0 Å². The van der Waals surface area contributed by atoms with Crippen LogP contribution < -0.4 is 25.2 Å². The summed E-state index contributed by atoms with van der Waals surface area (Å²) in [6, 6.07) is 4.30. The molecule has 0 spiro atoms. The van der Waals surface area contributed by atoms with Gasteiger partial charge in [-0.05, 0) is 37.3 Å². The molecule has 2 aromatic rings. The average Bonchev–Trinajstić information content (AvgIpc) is 3.47. The highest BCUT2D eigenvalue weighted by atomic mass is 16.5. The summed E-state index contributed by atoms with van der Waals surface area (Å²) >= 11 is 0. The van der Waals surface area contributed by atoms with E-state index in [-0.39, 0.29) is 11.9 Å². The molecule has 164 valence electrons. The van der Waals surface area contributed by atoms with Gasteiger partial charge < -0.3 is 25.2 Å². The minimum absolute atomic E-state index is 0.124. The lowest BCUT2D eigenvalue weighted by Crippen LogP contribution is -2.55. The Kier molecular flexibility index (Phi) is 5.08. The van der Waals surface area contributed by atoms with Crippen LogP contribution in [0.1, 0.15) is 44.6 Å². The molecule has 8 nitrogen and oxygen atoms in total. The molecule has 1 aromatic heterocycles. The molecule has 1 aliphatic carbocycles. The molecule has 3 aliphatic rings. The summed E-state index contributed by atoms with van der Waals surface area (Å²) in [6.07, 6.45) is 8.12. The number of likely N-dealkylation sites (N-methyl/N-ethyl adjacent to an activating group) is 1. The first-order chi connectivity index (χ1) is 15.1. The lowest BCUT2D eigenvalue weighted by molar-refractivity contribution is -0.120. The number of carbonyl (C=O) groups excluding carboxylic acids is 1. The second-order valence-corrected chi connectivity index (χ2v) is 8.58. The van der Waals surface area contributed by atoms with Crippen LogP contribution in [0.25, 0.3) is 0 Å². The van der Waals surface area contributed by atoms with Gasteiger partial charge in [-0.25, -0.2) is 4.98 Å². The van der Waals surface area contributed by atoms with Gasteiger partial charge in [0.15, 0.2) is 5.82 Å². The number of nitrogens with zero attached hydrogens (tertiary/aromatic N) is 4. The third-order valence-electron chi connectivity index (χ3n) is 6.79. The first-order valence-electron chi connectivity index (χ1n) is 11.3. The fourth-order valence-corrected chi connectivity index (χ4v) is 5.16. The zero-order valence-electron chi connectivity index (χ0n) is 18.4. The SMILES string of the molecule is CC[C@@H]1C(=O)N(C)c2cnc(Nc3cc4c(cc3OC)NCC4)nc2N1C1CCCC1. The molecule has 2 N–H and O–H groups in total. The number of methoxy groups -OCH3 is 1. The highest BCUT2D eigenvalue weighted by Crippen LogP contribution is 2.41. The summed E-state index contributed by atoms with van der Waals surface area (Å²) in [5.74, 6) is 2.24. The number of anilines is 5. The summed E-state index contributed by atoms with van der Waals surface area (Å²) in [6.45, 7) is 3.01. The number of fused-ring (bicyclic) bond motifs is 2. The Labute approximate surface area is 183 Å². The maximum absolute atomic E-state index is 13.0. The summed E-state index contributed by atoms with van der Waals surface area (Å²) < 4.78 is 5.60. The fraction of sp³-hybridized carbons (Fsp3) is 0.522. The number of ether oxygens (including phenoxy) is 1. The molecule has 8 heteroatoms. The highest BCUT2D eigenvalue weighted by Gasteiger charge is 2.41. The molecular formula is C23H30N6O2. The van der Waals surface area contributed by atoms with Crippen molar-refractivity contribution in [3.8, 4) is 5.75 Å². The van der Waals surface area contributed by atoms with Crippen LogP contribution in [0.4, 0.5) is 28.8 Å². The maximum atomic E-state index is 13.0. The van der Waals surface area contributed by atoms with Crippen molar-refractivity contribution in [3.63, 3.8) is 0 Å². The van der Waals surface area contributed by atoms with Crippen molar-refractivity contribution in [2.24, 2.45) is 0 Å². The van der Waals surface area contributed by atoms with Gasteiger partial charge in [-0.15, -0.1) is 0 Å². The van der Waals surface area contributed by atoms with Gasteiger partial charge >= 0.3 is 0 Å². The van der Waals surface area contributed by atoms with Crippen LogP contribution in [0.2, 0.25) is 0 Å². The van der Waals surface area contributed by atoms with E-state index in [1.807, 2.05) is 13.1 Å². The number of nitrogens with one attached hydrogen (secondary N) is 2. The number of benzene rings is 1. The van der Waals surface area contributed by atoms with Gasteiger partial charge in [-0.2, -0.15) is 4.98 Å². The molecule has 0 radical (unpaired) electrons. The van der Waals surface area contributed by atoms with Crippen LogP contribution in [0, 0.1) is 0 Å². The van der Waals surface area contributed by atoms with Crippen molar-refractivity contribution in [2.45, 2.75) is 57.5 Å². The Balaban J connectivity index is 1.53. The van der Waals surface area contributed by atoms with E-state index in [2.05, 4.69) is 33.5 Å². The number of hydrogen-bond donors (Lipinski definition) is 2. The summed E-state index contributed by atoms with van der Waals surface area (Å²) in [7, 11) is 3.49. The molecular weight excluding hydrogens is 392 g/mol. The standard InChI is InChI=1S/C23H30N6O2/c1-4-18-22(30)28(2)19-13-25-23(27-21(19)29(18)15-7-5-6-8-15)26-17-11-14-9-10-24-16(14)12-20(17)31-3/h11-13,15,18,24H,4-10H2,1-3H3,(H,25,26,27)/t18-/m1/s1. The molecule has 1 aromatic carbocycles. The summed E-state index contributed by atoms with van der Waals surface area (Å²) in [5, 5.41) is 6.75. The van der Waals surface area contributed by atoms with Crippen molar-refractivity contribution < 1.29 is 9.53 Å². The van der Waals surface area contributed by atoms with Crippen LogP contribution in [0.15, 0.2) is 18.3 Å². The normalized spacial score (nSPS) is 20.5. The Hall–Kier alpha value is -3.03. The van der Waals surface area contributed by atoms with E-state index in [1.165, 1.54) is 18.4 Å². The van der Waals surface area contributed by atoms with Crippen molar-refractivity contribution >= 4 is 34.7 Å². The van der Waals surface area contributed by atoms with Crippen molar-refractivity contribution in [2.75, 3.05) is 41.1 Å². The van der Waals surface area contributed by atoms with Crippen LogP contribution in [0.3, 0.4) is 0 Å². The van der Waals surface area contributed by atoms with E-state index in [1.54, 1.807) is 18.2 Å². The fourth-order valence-electron chi connectivity index (χ4n) is 5.16. The molecule has 1 atom stereocenters. The molecule has 0 bridgehead atoms. The van der Waals surface area contributed by atoms with Gasteiger partial charge in [0.05, 0.1) is 19.0 Å². The minimum Gasteiger partial charge on any atom is -0.494 e. The first kappa shape index (κ1) is 19.9. The zero-order valence-corrected chi connectivity index (χ0v) is 18.4. The number of amides is 1. The van der Waals surface area contributed by atoms with E-state index < -0.39 is 0 Å². The van der Waals surface area contributed by atoms with Crippen LogP contribution in [-0.2, 0) is 11.2 Å². The van der Waals surface area contributed by atoms with Gasteiger partial charge in [-0.1, -0.05) is 19.8 Å². The number of carbonyl (C=O) groups is 1. The molecule has 0 unspecified atom stereocenters. The second kappa shape index (κ2) is 7.90. The Morgan fingerprint density at radius 1 is 1.29 bits per heavy atom. The van der Waals surface area contributed by atoms with Gasteiger partial charge in [0.25, 0.3) is 0 Å². The van der Waals surface area contributed by atoms with Gasteiger partial charge in [0.2, 0.25) is 11.9 Å². The topological polar surface area (TPSA) is 82.6 Å². The Morgan fingerprint density at radius 2 is 2.10 bits per heavy atom. The lowest BCUT2D eigenvalue weighted by atomic mass is 10.0. The number of hydrogen-bond acceptors (Lipinski definition) is 7. The van der Waals surface area contributed by atoms with E-state index in [4.69, 9.17) is 9.72 Å². The minimum atomic E-state index is -0.177. The van der Waals surface area contributed by atoms with Crippen molar-refractivity contribution in [1.29, 1.82) is 0 Å². The summed E-state index contributed by atoms with van der Waals surface area (Å²) in [4.78, 5) is 26.5. The highest BCUT2D eigenvalue weighted by molar-refractivity contribution is 6.04. The molecule has 5 rings (SSSR count). The lowest BCUT2D eigenvalue weighted by Gasteiger charge is -2.43. The smallest absolute Gasteiger partial charge is 0.249 e. The molecule has 3 heterocycles. The van der Waals surface area contributed by atoms with Gasteiger partial charge in [0.1, 0.15) is 17.5 Å². The van der Waals surface area contributed by atoms with Crippen LogP contribution >= 0.6 is 0 Å². The average molecular weight is 423 g/mol. The molecule has 0 saturated heterocycles. The number of aromatic nitrogens is 2. The first-order valence-corrected chi connectivity index (χ1v) is 11.3. The predicted molar refractivity (Wildman–Crippen MR) is 123 cm³/mol. The largest absolute Gasteiger partial charge is 0.494 e. The predicted octanol–water partition coefficient (Wildman–Crippen LogP) is 3.70. The van der Waals surface area contributed by atoms with Crippen LogP contribution in [0.5, 0.6) is 5.75 Å². The van der Waals surface area contributed by atoms with E-state index in [0.717, 1.165) is 60.9 Å². The molecule has 1 fully saturated rings. The molecule has 31 heavy (non-hydrogen) atoms. The number of rotatable bonds is 5. The van der Waals surface area contributed by atoms with E-state index >= 15 is 0 Å². The van der Waals surface area contributed by atoms with E-state index in [9.17, 15) is 4.79 Å². The van der Waals surface area contributed by atoms with Gasteiger partial charge in [0, 0.05) is 31.4 Å².